The summed E-state index contributed by atoms with van der Waals surface area (Å²) in [6.45, 7) is 10.3. The van der Waals surface area contributed by atoms with Gasteiger partial charge >= 0.3 is 5.97 Å². The van der Waals surface area contributed by atoms with Crippen molar-refractivity contribution < 1.29 is 9.53 Å². The van der Waals surface area contributed by atoms with Gasteiger partial charge in [0.2, 0.25) is 0 Å². The molecule has 2 unspecified atom stereocenters. The average Bonchev–Trinajstić information content (AvgIpc) is 2.24. The molecule has 0 aliphatic heterocycles. The van der Waals surface area contributed by atoms with E-state index in [2.05, 4.69) is 38.2 Å². The van der Waals surface area contributed by atoms with Crippen LogP contribution in [0.3, 0.4) is 0 Å². The molecule has 2 atom stereocenters. The van der Waals surface area contributed by atoms with E-state index in [1.807, 2.05) is 13.8 Å². The zero-order valence-corrected chi connectivity index (χ0v) is 12.8. The molecular weight excluding hydrogens is 228 g/mol. The third kappa shape index (κ3) is 8.48. The van der Waals surface area contributed by atoms with Crippen molar-refractivity contribution in [2.45, 2.75) is 40.2 Å². The van der Waals surface area contributed by atoms with Crippen LogP contribution in [0.2, 0.25) is 0 Å². The van der Waals surface area contributed by atoms with Gasteiger partial charge in [0.25, 0.3) is 0 Å². The van der Waals surface area contributed by atoms with Crippen molar-refractivity contribution in [2.75, 3.05) is 33.8 Å². The summed E-state index contributed by atoms with van der Waals surface area (Å²) < 4.78 is 5.01. The lowest BCUT2D eigenvalue weighted by molar-refractivity contribution is -0.147. The Bertz CT molecular complexity index is 220. The number of hydrogen-bond donors (Lipinski definition) is 1. The number of carbonyl (C=O) groups excluding carboxylic acids is 1. The Hall–Kier alpha value is -0.610. The molecule has 0 heterocycles. The molecule has 108 valence electrons. The summed E-state index contributed by atoms with van der Waals surface area (Å²) in [5.74, 6) is 0.459. The lowest BCUT2D eigenvalue weighted by atomic mass is 10.0. The molecule has 1 N–H and O–H groups in total. The van der Waals surface area contributed by atoms with Gasteiger partial charge in [-0.2, -0.15) is 0 Å². The molecule has 0 aromatic heterocycles. The van der Waals surface area contributed by atoms with Crippen LogP contribution in [-0.2, 0) is 9.53 Å². The van der Waals surface area contributed by atoms with Gasteiger partial charge in [0, 0.05) is 19.1 Å². The second-order valence-electron chi connectivity index (χ2n) is 5.65. The van der Waals surface area contributed by atoms with E-state index in [0.29, 0.717) is 25.1 Å². The van der Waals surface area contributed by atoms with Gasteiger partial charge < -0.3 is 15.0 Å². The second kappa shape index (κ2) is 9.34. The largest absolute Gasteiger partial charge is 0.466 e. The maximum atomic E-state index is 11.5. The summed E-state index contributed by atoms with van der Waals surface area (Å²) in [5, 5.41) is 3.48. The summed E-state index contributed by atoms with van der Waals surface area (Å²) >= 11 is 0. The summed E-state index contributed by atoms with van der Waals surface area (Å²) in [5.41, 5.74) is 0. The minimum Gasteiger partial charge on any atom is -0.466 e. The Morgan fingerprint density at radius 2 is 1.89 bits per heavy atom. The third-order valence-corrected chi connectivity index (χ3v) is 2.74. The first-order chi connectivity index (χ1) is 8.36. The number of ether oxygens (including phenoxy) is 1. The summed E-state index contributed by atoms with van der Waals surface area (Å²) in [6.07, 6.45) is 1.12. The number of nitrogens with zero attached hydrogens (tertiary/aromatic N) is 1. The van der Waals surface area contributed by atoms with Crippen LogP contribution in [0.1, 0.15) is 34.1 Å². The van der Waals surface area contributed by atoms with E-state index in [1.54, 1.807) is 0 Å². The van der Waals surface area contributed by atoms with Crippen LogP contribution in [0.15, 0.2) is 0 Å². The lowest BCUT2D eigenvalue weighted by Crippen LogP contribution is -2.42. The fraction of sp³-hybridized carbons (Fsp3) is 0.929. The highest BCUT2D eigenvalue weighted by Gasteiger charge is 2.17. The average molecular weight is 258 g/mol. The number of nitrogens with one attached hydrogen (secondary N) is 1. The van der Waals surface area contributed by atoms with Crippen molar-refractivity contribution in [1.82, 2.24) is 10.2 Å². The van der Waals surface area contributed by atoms with Crippen LogP contribution in [0, 0.1) is 11.8 Å². The zero-order valence-electron chi connectivity index (χ0n) is 12.8. The second-order valence-corrected chi connectivity index (χ2v) is 5.65. The summed E-state index contributed by atoms with van der Waals surface area (Å²) in [6, 6.07) is 0.428. The first kappa shape index (κ1) is 17.4. The highest BCUT2D eigenvalue weighted by Crippen LogP contribution is 2.07. The van der Waals surface area contributed by atoms with Crippen molar-refractivity contribution in [1.29, 1.82) is 0 Å². The van der Waals surface area contributed by atoms with Crippen LogP contribution in [-0.4, -0.2) is 50.7 Å². The fourth-order valence-electron chi connectivity index (χ4n) is 1.94. The molecule has 0 amide bonds. The van der Waals surface area contributed by atoms with Gasteiger partial charge in [0.15, 0.2) is 0 Å². The summed E-state index contributed by atoms with van der Waals surface area (Å²) in [7, 11) is 4.15. The van der Waals surface area contributed by atoms with Crippen molar-refractivity contribution >= 4 is 5.97 Å². The smallest absolute Gasteiger partial charge is 0.309 e. The SMILES string of the molecule is CCOC(=O)C(C)CNC(CC(C)C)CN(C)C. The standard InChI is InChI=1S/C14H30N2O2/c1-7-18-14(17)12(4)9-15-13(8-11(2)3)10-16(5)6/h11-13,15H,7-10H2,1-6H3. The van der Waals surface area contributed by atoms with Crippen LogP contribution in [0.5, 0.6) is 0 Å². The van der Waals surface area contributed by atoms with E-state index in [9.17, 15) is 4.79 Å². The number of likely N-dealkylation sites (N-methyl/N-ethyl adjacent to an activating group) is 1. The van der Waals surface area contributed by atoms with Crippen LogP contribution < -0.4 is 5.32 Å². The van der Waals surface area contributed by atoms with Crippen LogP contribution in [0.25, 0.3) is 0 Å². The van der Waals surface area contributed by atoms with E-state index in [4.69, 9.17) is 4.74 Å². The van der Waals surface area contributed by atoms with E-state index in [-0.39, 0.29) is 11.9 Å². The van der Waals surface area contributed by atoms with E-state index >= 15 is 0 Å². The Morgan fingerprint density at radius 3 is 2.33 bits per heavy atom. The number of rotatable bonds is 9. The Morgan fingerprint density at radius 1 is 1.28 bits per heavy atom. The molecule has 0 aliphatic rings. The fourth-order valence-corrected chi connectivity index (χ4v) is 1.94. The monoisotopic (exact) mass is 258 g/mol. The van der Waals surface area contributed by atoms with E-state index in [0.717, 1.165) is 13.0 Å². The highest BCUT2D eigenvalue weighted by molar-refractivity contribution is 5.72. The molecule has 0 spiro atoms. The quantitative estimate of drug-likeness (QED) is 0.640. The number of esters is 1. The Labute approximate surface area is 112 Å². The summed E-state index contributed by atoms with van der Waals surface area (Å²) in [4.78, 5) is 13.7. The predicted molar refractivity (Wildman–Crippen MR) is 75.6 cm³/mol. The number of carbonyl (C=O) groups is 1. The molecular formula is C14H30N2O2. The van der Waals surface area contributed by atoms with Gasteiger partial charge in [0.1, 0.15) is 0 Å². The topological polar surface area (TPSA) is 41.6 Å². The van der Waals surface area contributed by atoms with Crippen molar-refractivity contribution in [3.63, 3.8) is 0 Å². The molecule has 0 bridgehead atoms. The third-order valence-electron chi connectivity index (χ3n) is 2.74. The molecule has 4 nitrogen and oxygen atoms in total. The molecule has 0 aromatic carbocycles. The van der Waals surface area contributed by atoms with Crippen molar-refractivity contribution in [3.8, 4) is 0 Å². The van der Waals surface area contributed by atoms with Gasteiger partial charge in [-0.3, -0.25) is 4.79 Å². The van der Waals surface area contributed by atoms with E-state index < -0.39 is 0 Å². The first-order valence-electron chi connectivity index (χ1n) is 6.91. The molecule has 18 heavy (non-hydrogen) atoms. The first-order valence-corrected chi connectivity index (χ1v) is 6.91. The molecule has 0 aromatic rings. The maximum Gasteiger partial charge on any atom is 0.309 e. The zero-order chi connectivity index (χ0) is 14.1. The Kier molecular flexibility index (Phi) is 9.02. The van der Waals surface area contributed by atoms with Gasteiger partial charge in [-0.05, 0) is 33.4 Å². The lowest BCUT2D eigenvalue weighted by Gasteiger charge is -2.25. The Balaban J connectivity index is 4.11. The predicted octanol–water partition coefficient (Wildman–Crippen LogP) is 1.75. The highest BCUT2D eigenvalue weighted by atomic mass is 16.5. The molecule has 0 aliphatic carbocycles. The molecule has 0 fully saturated rings. The van der Waals surface area contributed by atoms with Crippen LogP contribution in [0.4, 0.5) is 0 Å². The van der Waals surface area contributed by atoms with Gasteiger partial charge in [-0.25, -0.2) is 0 Å². The van der Waals surface area contributed by atoms with Crippen molar-refractivity contribution in [2.24, 2.45) is 11.8 Å². The number of hydrogen-bond acceptors (Lipinski definition) is 4. The van der Waals surface area contributed by atoms with Gasteiger partial charge in [0.05, 0.1) is 12.5 Å². The molecule has 0 saturated heterocycles. The normalized spacial score (nSPS) is 14.9. The van der Waals surface area contributed by atoms with E-state index in [1.165, 1.54) is 0 Å². The maximum absolute atomic E-state index is 11.5. The van der Waals surface area contributed by atoms with Gasteiger partial charge in [-0.15, -0.1) is 0 Å². The minimum atomic E-state index is -0.113. The molecule has 0 radical (unpaired) electrons. The van der Waals surface area contributed by atoms with Gasteiger partial charge in [-0.1, -0.05) is 20.8 Å². The minimum absolute atomic E-state index is 0.0817. The van der Waals surface area contributed by atoms with Crippen LogP contribution >= 0.6 is 0 Å². The molecule has 0 saturated carbocycles. The van der Waals surface area contributed by atoms with Crippen molar-refractivity contribution in [3.05, 3.63) is 0 Å². The molecule has 4 heteroatoms. The molecule has 0 rings (SSSR count).